The summed E-state index contributed by atoms with van der Waals surface area (Å²) in [5.41, 5.74) is 2.55. The molecular formula is C14H17N2+. The Morgan fingerprint density at radius 3 is 2.56 bits per heavy atom. The molecule has 82 valence electrons. The second-order valence-electron chi connectivity index (χ2n) is 3.88. The molecule has 0 unspecified atom stereocenters. The van der Waals surface area contributed by atoms with Crippen molar-refractivity contribution in [2.24, 2.45) is 0 Å². The first kappa shape index (κ1) is 10.7. The Morgan fingerprint density at radius 2 is 1.94 bits per heavy atom. The van der Waals surface area contributed by atoms with Crippen molar-refractivity contribution in [1.29, 1.82) is 0 Å². The molecule has 0 amide bonds. The SMILES string of the molecule is CCC1=CN(C)/C(=C\[n+]2ccccc2)C=C1. The number of nitrogens with zero attached hydrogens (tertiary/aromatic N) is 2. The quantitative estimate of drug-likeness (QED) is 0.685. The van der Waals surface area contributed by atoms with Crippen LogP contribution in [0.4, 0.5) is 0 Å². The van der Waals surface area contributed by atoms with E-state index in [9.17, 15) is 0 Å². The van der Waals surface area contributed by atoms with Crippen LogP contribution in [0.5, 0.6) is 0 Å². The maximum atomic E-state index is 2.18. The zero-order valence-corrected chi connectivity index (χ0v) is 9.80. The lowest BCUT2D eigenvalue weighted by Gasteiger charge is -2.19. The molecule has 0 saturated carbocycles. The van der Waals surface area contributed by atoms with Gasteiger partial charge in [-0.15, -0.1) is 0 Å². The average Bonchev–Trinajstić information content (AvgIpc) is 2.33. The summed E-state index contributed by atoms with van der Waals surface area (Å²) in [4.78, 5) is 2.15. The molecule has 0 spiro atoms. The highest BCUT2D eigenvalue weighted by Gasteiger charge is 2.08. The van der Waals surface area contributed by atoms with E-state index in [2.05, 4.69) is 48.0 Å². The van der Waals surface area contributed by atoms with Crippen LogP contribution < -0.4 is 4.57 Å². The van der Waals surface area contributed by atoms with E-state index in [4.69, 9.17) is 0 Å². The standard InChI is InChI=1S/C14H17N2/c1-3-13-7-8-14(15(2)11-13)12-16-9-5-4-6-10-16/h4-12H,3H2,1-2H3/q+1/b14-12-. The molecule has 0 aromatic carbocycles. The molecule has 0 aliphatic carbocycles. The van der Waals surface area contributed by atoms with Gasteiger partial charge in [-0.05, 0) is 18.1 Å². The summed E-state index contributed by atoms with van der Waals surface area (Å²) in [6, 6.07) is 6.07. The summed E-state index contributed by atoms with van der Waals surface area (Å²) in [6.45, 7) is 2.17. The van der Waals surface area contributed by atoms with Gasteiger partial charge in [0, 0.05) is 25.4 Å². The van der Waals surface area contributed by atoms with Gasteiger partial charge in [-0.25, -0.2) is 0 Å². The van der Waals surface area contributed by atoms with E-state index < -0.39 is 0 Å². The van der Waals surface area contributed by atoms with Crippen molar-refractivity contribution in [1.82, 2.24) is 4.90 Å². The van der Waals surface area contributed by atoms with Crippen LogP contribution in [-0.4, -0.2) is 11.9 Å². The highest BCUT2D eigenvalue weighted by Crippen LogP contribution is 2.16. The van der Waals surface area contributed by atoms with Crippen molar-refractivity contribution in [3.63, 3.8) is 0 Å². The maximum absolute atomic E-state index is 2.18. The number of aromatic nitrogens is 1. The van der Waals surface area contributed by atoms with Gasteiger partial charge in [-0.3, -0.25) is 0 Å². The summed E-state index contributed by atoms with van der Waals surface area (Å²) < 4.78 is 2.06. The molecule has 0 saturated heterocycles. The van der Waals surface area contributed by atoms with E-state index in [0.717, 1.165) is 6.42 Å². The number of allylic oxidation sites excluding steroid dienone is 3. The molecule has 2 heterocycles. The summed E-state index contributed by atoms with van der Waals surface area (Å²) in [6.07, 6.45) is 13.8. The first-order chi connectivity index (χ1) is 7.79. The molecule has 1 aliphatic rings. The summed E-state index contributed by atoms with van der Waals surface area (Å²) in [5.74, 6) is 0. The van der Waals surface area contributed by atoms with E-state index in [0.29, 0.717) is 0 Å². The van der Waals surface area contributed by atoms with E-state index in [1.54, 1.807) is 0 Å². The van der Waals surface area contributed by atoms with Gasteiger partial charge in [-0.2, -0.15) is 4.57 Å². The Kier molecular flexibility index (Phi) is 3.20. The Balaban J connectivity index is 2.22. The molecule has 16 heavy (non-hydrogen) atoms. The third kappa shape index (κ3) is 2.40. The van der Waals surface area contributed by atoms with Crippen molar-refractivity contribution in [2.75, 3.05) is 7.05 Å². The topological polar surface area (TPSA) is 7.12 Å². The van der Waals surface area contributed by atoms with Gasteiger partial charge in [0.1, 0.15) is 5.70 Å². The van der Waals surface area contributed by atoms with Crippen LogP contribution >= 0.6 is 0 Å². The molecule has 2 rings (SSSR count). The van der Waals surface area contributed by atoms with Crippen LogP contribution in [0.15, 0.2) is 60.2 Å². The molecule has 0 bridgehead atoms. The predicted molar refractivity (Wildman–Crippen MR) is 66.2 cm³/mol. The number of hydrogen-bond donors (Lipinski definition) is 0. The van der Waals surface area contributed by atoms with Gasteiger partial charge in [0.2, 0.25) is 0 Å². The Hall–Kier alpha value is -1.83. The lowest BCUT2D eigenvalue weighted by Crippen LogP contribution is -2.27. The maximum Gasteiger partial charge on any atom is 0.198 e. The molecule has 0 radical (unpaired) electrons. The summed E-state index contributed by atoms with van der Waals surface area (Å²) in [5, 5.41) is 0. The van der Waals surface area contributed by atoms with Crippen LogP contribution in [0.2, 0.25) is 0 Å². The highest BCUT2D eigenvalue weighted by atomic mass is 15.1. The van der Waals surface area contributed by atoms with Gasteiger partial charge < -0.3 is 4.90 Å². The molecule has 1 aromatic heterocycles. The molecule has 0 N–H and O–H groups in total. The minimum absolute atomic E-state index is 1.08. The van der Waals surface area contributed by atoms with E-state index >= 15 is 0 Å². The minimum Gasteiger partial charge on any atom is -0.346 e. The first-order valence-electron chi connectivity index (χ1n) is 5.59. The molecule has 1 aliphatic heterocycles. The first-order valence-corrected chi connectivity index (χ1v) is 5.59. The predicted octanol–water partition coefficient (Wildman–Crippen LogP) is 2.57. The van der Waals surface area contributed by atoms with Crippen molar-refractivity contribution >= 4 is 6.20 Å². The van der Waals surface area contributed by atoms with Crippen molar-refractivity contribution in [3.8, 4) is 0 Å². The average molecular weight is 213 g/mol. The van der Waals surface area contributed by atoms with Crippen LogP contribution in [0, 0.1) is 0 Å². The van der Waals surface area contributed by atoms with E-state index in [1.807, 2.05) is 30.6 Å². The number of hydrogen-bond acceptors (Lipinski definition) is 1. The van der Waals surface area contributed by atoms with Crippen LogP contribution in [-0.2, 0) is 0 Å². The van der Waals surface area contributed by atoms with Gasteiger partial charge in [-0.1, -0.05) is 19.1 Å². The summed E-state index contributed by atoms with van der Waals surface area (Å²) >= 11 is 0. The van der Waals surface area contributed by atoms with Gasteiger partial charge in [0.15, 0.2) is 18.6 Å². The van der Waals surface area contributed by atoms with Gasteiger partial charge >= 0.3 is 0 Å². The molecule has 0 fully saturated rings. The minimum atomic E-state index is 1.08. The molecule has 0 atom stereocenters. The molecule has 2 nitrogen and oxygen atoms in total. The second kappa shape index (κ2) is 4.79. The molecule has 2 heteroatoms. The third-order valence-corrected chi connectivity index (χ3v) is 2.66. The Bertz CT molecular complexity index is 441. The van der Waals surface area contributed by atoms with E-state index in [-0.39, 0.29) is 0 Å². The fourth-order valence-electron chi connectivity index (χ4n) is 1.67. The summed E-state index contributed by atoms with van der Waals surface area (Å²) in [7, 11) is 2.08. The largest absolute Gasteiger partial charge is 0.346 e. The lowest BCUT2D eigenvalue weighted by molar-refractivity contribution is -0.569. The fraction of sp³-hybridized carbons (Fsp3) is 0.214. The van der Waals surface area contributed by atoms with Crippen LogP contribution in [0.3, 0.4) is 0 Å². The number of pyridine rings is 1. The number of likely N-dealkylation sites (N-methyl/N-ethyl adjacent to an activating group) is 1. The van der Waals surface area contributed by atoms with Gasteiger partial charge in [0.05, 0.1) is 0 Å². The smallest absolute Gasteiger partial charge is 0.198 e. The third-order valence-electron chi connectivity index (χ3n) is 2.66. The molecular weight excluding hydrogens is 196 g/mol. The van der Waals surface area contributed by atoms with Crippen LogP contribution in [0.25, 0.3) is 6.20 Å². The second-order valence-corrected chi connectivity index (χ2v) is 3.88. The monoisotopic (exact) mass is 213 g/mol. The number of rotatable bonds is 2. The van der Waals surface area contributed by atoms with Crippen molar-refractivity contribution < 1.29 is 4.57 Å². The van der Waals surface area contributed by atoms with Gasteiger partial charge in [0.25, 0.3) is 0 Å². The van der Waals surface area contributed by atoms with E-state index in [1.165, 1.54) is 11.3 Å². The highest BCUT2D eigenvalue weighted by molar-refractivity contribution is 5.39. The molecule has 1 aromatic rings. The Morgan fingerprint density at radius 1 is 1.19 bits per heavy atom. The zero-order chi connectivity index (χ0) is 11.4. The zero-order valence-electron chi connectivity index (χ0n) is 9.80. The fourth-order valence-corrected chi connectivity index (χ4v) is 1.67. The lowest BCUT2D eigenvalue weighted by atomic mass is 10.1. The normalized spacial score (nSPS) is 17.8. The Labute approximate surface area is 96.8 Å². The van der Waals surface area contributed by atoms with Crippen molar-refractivity contribution in [2.45, 2.75) is 13.3 Å². The van der Waals surface area contributed by atoms with Crippen molar-refractivity contribution in [3.05, 3.63) is 60.2 Å². The van der Waals surface area contributed by atoms with Crippen LogP contribution in [0.1, 0.15) is 13.3 Å².